The number of amides is 1. The first-order chi connectivity index (χ1) is 9.29. The highest BCUT2D eigenvalue weighted by Gasteiger charge is 2.18. The Hall–Kier alpha value is -1.07. The second-order valence-corrected chi connectivity index (χ2v) is 8.02. The molecule has 1 unspecified atom stereocenters. The van der Waals surface area contributed by atoms with E-state index in [1.807, 2.05) is 20.8 Å². The number of hydrogen-bond donors (Lipinski definition) is 1. The first-order valence-corrected chi connectivity index (χ1v) is 8.02. The summed E-state index contributed by atoms with van der Waals surface area (Å²) in [5, 5.41) is 3.30. The van der Waals surface area contributed by atoms with E-state index in [-0.39, 0.29) is 17.3 Å². The van der Waals surface area contributed by atoms with Crippen molar-refractivity contribution >= 4 is 28.3 Å². The van der Waals surface area contributed by atoms with E-state index >= 15 is 0 Å². The maximum Gasteiger partial charge on any atom is 0.257 e. The molecule has 0 aliphatic heterocycles. The standard InChI is InChI=1S/C14H20ClNO3S/c1-14(2,3)20(18)9-8-16-13(17)10-19-12-6-4-11(15)5-7-12/h4-7H,8-10H2,1-3H3,(H,16,17). The Balaban J connectivity index is 2.24. The molecule has 0 fully saturated rings. The van der Waals surface area contributed by atoms with Gasteiger partial charge in [0.15, 0.2) is 6.61 Å². The molecule has 20 heavy (non-hydrogen) atoms. The number of benzene rings is 1. The van der Waals surface area contributed by atoms with Gasteiger partial charge >= 0.3 is 0 Å². The smallest absolute Gasteiger partial charge is 0.257 e. The molecular weight excluding hydrogens is 298 g/mol. The van der Waals surface area contributed by atoms with E-state index in [1.54, 1.807) is 24.3 Å². The third-order valence-corrected chi connectivity index (χ3v) is 4.67. The maximum absolute atomic E-state index is 11.8. The number of carbonyl (C=O) groups excluding carboxylic acids is 1. The molecule has 0 saturated carbocycles. The average molecular weight is 318 g/mol. The summed E-state index contributed by atoms with van der Waals surface area (Å²) in [7, 11) is -0.967. The SMILES string of the molecule is CC(C)(C)S(=O)CCNC(=O)COc1ccc(Cl)cc1. The van der Waals surface area contributed by atoms with Gasteiger partial charge in [-0.15, -0.1) is 0 Å². The van der Waals surface area contributed by atoms with Crippen LogP contribution in [0.4, 0.5) is 0 Å². The van der Waals surface area contributed by atoms with E-state index in [0.29, 0.717) is 23.1 Å². The van der Waals surface area contributed by atoms with Crippen LogP contribution in [0.15, 0.2) is 24.3 Å². The third kappa shape index (κ3) is 6.39. The topological polar surface area (TPSA) is 55.4 Å². The summed E-state index contributed by atoms with van der Waals surface area (Å²) >= 11 is 5.75. The Morgan fingerprint density at radius 1 is 1.30 bits per heavy atom. The molecule has 6 heteroatoms. The summed E-state index contributed by atoms with van der Waals surface area (Å²) in [5.41, 5.74) is 0. The van der Waals surface area contributed by atoms with Crippen molar-refractivity contribution in [3.8, 4) is 5.75 Å². The Bertz CT molecular complexity index is 468. The van der Waals surface area contributed by atoms with Gasteiger partial charge < -0.3 is 10.1 Å². The summed E-state index contributed by atoms with van der Waals surface area (Å²) in [5.74, 6) is 0.796. The zero-order chi connectivity index (χ0) is 15.2. The van der Waals surface area contributed by atoms with Crippen molar-refractivity contribution < 1.29 is 13.7 Å². The van der Waals surface area contributed by atoms with Crippen molar-refractivity contribution in [3.63, 3.8) is 0 Å². The normalized spacial score (nSPS) is 12.8. The number of rotatable bonds is 6. The molecule has 0 aromatic heterocycles. The summed E-state index contributed by atoms with van der Waals surface area (Å²) < 4.78 is 16.8. The van der Waals surface area contributed by atoms with Gasteiger partial charge in [-0.3, -0.25) is 9.00 Å². The molecule has 0 saturated heterocycles. The molecule has 112 valence electrons. The lowest BCUT2D eigenvalue weighted by Crippen LogP contribution is -2.35. The second kappa shape index (κ2) is 7.64. The van der Waals surface area contributed by atoms with Crippen molar-refractivity contribution in [1.29, 1.82) is 0 Å². The monoisotopic (exact) mass is 317 g/mol. The minimum atomic E-state index is -0.967. The molecule has 1 amide bonds. The molecule has 4 nitrogen and oxygen atoms in total. The van der Waals surface area contributed by atoms with E-state index < -0.39 is 10.8 Å². The fourth-order valence-electron chi connectivity index (χ4n) is 1.32. The zero-order valence-electron chi connectivity index (χ0n) is 11.9. The Kier molecular flexibility index (Phi) is 6.49. The lowest BCUT2D eigenvalue weighted by molar-refractivity contribution is -0.122. The number of carbonyl (C=O) groups is 1. The van der Waals surface area contributed by atoms with Crippen molar-refractivity contribution in [2.75, 3.05) is 18.9 Å². The van der Waals surface area contributed by atoms with Crippen LogP contribution >= 0.6 is 11.6 Å². The van der Waals surface area contributed by atoms with Crippen LogP contribution in [0.3, 0.4) is 0 Å². The van der Waals surface area contributed by atoms with Crippen LogP contribution in [-0.2, 0) is 15.6 Å². The van der Waals surface area contributed by atoms with Crippen LogP contribution in [0.25, 0.3) is 0 Å². The average Bonchev–Trinajstić information content (AvgIpc) is 2.37. The van der Waals surface area contributed by atoms with E-state index in [0.717, 1.165) is 0 Å². The predicted octanol–water partition coefficient (Wildman–Crippen LogP) is 2.38. The number of nitrogens with one attached hydrogen (secondary N) is 1. The van der Waals surface area contributed by atoms with Gasteiger partial charge in [0.2, 0.25) is 0 Å². The van der Waals surface area contributed by atoms with Crippen molar-refractivity contribution in [2.24, 2.45) is 0 Å². The fourth-order valence-corrected chi connectivity index (χ4v) is 2.35. The molecular formula is C14H20ClNO3S. The first-order valence-electron chi connectivity index (χ1n) is 6.32. The largest absolute Gasteiger partial charge is 0.484 e. The van der Waals surface area contributed by atoms with Gasteiger partial charge in [-0.1, -0.05) is 11.6 Å². The van der Waals surface area contributed by atoms with Crippen LogP contribution in [0.2, 0.25) is 5.02 Å². The molecule has 1 atom stereocenters. The summed E-state index contributed by atoms with van der Waals surface area (Å²) in [6, 6.07) is 6.79. The highest BCUT2D eigenvalue weighted by Crippen LogP contribution is 2.15. The zero-order valence-corrected chi connectivity index (χ0v) is 13.5. The molecule has 0 radical (unpaired) electrons. The molecule has 1 aromatic carbocycles. The van der Waals surface area contributed by atoms with E-state index in [1.165, 1.54) is 0 Å². The quantitative estimate of drug-likeness (QED) is 0.876. The third-order valence-electron chi connectivity index (χ3n) is 2.48. The minimum absolute atomic E-state index is 0.0657. The van der Waals surface area contributed by atoms with Crippen molar-refractivity contribution in [2.45, 2.75) is 25.5 Å². The summed E-state index contributed by atoms with van der Waals surface area (Å²) in [4.78, 5) is 11.6. The predicted molar refractivity (Wildman–Crippen MR) is 82.7 cm³/mol. The molecule has 0 aliphatic carbocycles. The summed E-state index contributed by atoms with van der Waals surface area (Å²) in [6.07, 6.45) is 0. The van der Waals surface area contributed by atoms with E-state index in [9.17, 15) is 9.00 Å². The molecule has 1 rings (SSSR count). The molecule has 0 aliphatic rings. The number of hydrogen-bond acceptors (Lipinski definition) is 3. The van der Waals surface area contributed by atoms with Crippen molar-refractivity contribution in [1.82, 2.24) is 5.32 Å². The van der Waals surface area contributed by atoms with Gasteiger partial charge in [0, 0.05) is 32.9 Å². The maximum atomic E-state index is 11.8. The lowest BCUT2D eigenvalue weighted by atomic mass is 10.3. The van der Waals surface area contributed by atoms with E-state index in [4.69, 9.17) is 16.3 Å². The highest BCUT2D eigenvalue weighted by atomic mass is 35.5. The lowest BCUT2D eigenvalue weighted by Gasteiger charge is -2.17. The van der Waals surface area contributed by atoms with Gasteiger partial charge in [0.05, 0.1) is 0 Å². The molecule has 0 bridgehead atoms. The van der Waals surface area contributed by atoms with Crippen molar-refractivity contribution in [3.05, 3.63) is 29.3 Å². The van der Waals surface area contributed by atoms with Crippen LogP contribution < -0.4 is 10.1 Å². The first kappa shape index (κ1) is 17.0. The van der Waals surface area contributed by atoms with Crippen LogP contribution in [0.1, 0.15) is 20.8 Å². The summed E-state index contributed by atoms with van der Waals surface area (Å²) in [6.45, 7) is 6.05. The highest BCUT2D eigenvalue weighted by molar-refractivity contribution is 7.86. The Morgan fingerprint density at radius 2 is 1.90 bits per heavy atom. The minimum Gasteiger partial charge on any atom is -0.484 e. The van der Waals surface area contributed by atoms with Crippen LogP contribution in [0.5, 0.6) is 5.75 Å². The van der Waals surface area contributed by atoms with Gasteiger partial charge in [0.25, 0.3) is 5.91 Å². The van der Waals surface area contributed by atoms with Gasteiger partial charge in [-0.05, 0) is 45.0 Å². The Morgan fingerprint density at radius 3 is 2.45 bits per heavy atom. The van der Waals surface area contributed by atoms with E-state index in [2.05, 4.69) is 5.32 Å². The number of ether oxygens (including phenoxy) is 1. The molecule has 0 spiro atoms. The van der Waals surface area contributed by atoms with Gasteiger partial charge in [-0.25, -0.2) is 0 Å². The number of halogens is 1. The van der Waals surface area contributed by atoms with Crippen LogP contribution in [0, 0.1) is 0 Å². The molecule has 1 N–H and O–H groups in total. The molecule has 1 aromatic rings. The van der Waals surface area contributed by atoms with Gasteiger partial charge in [-0.2, -0.15) is 0 Å². The second-order valence-electron chi connectivity index (χ2n) is 5.25. The van der Waals surface area contributed by atoms with Gasteiger partial charge in [0.1, 0.15) is 5.75 Å². The fraction of sp³-hybridized carbons (Fsp3) is 0.500. The van der Waals surface area contributed by atoms with Crippen LogP contribution in [-0.4, -0.2) is 33.8 Å². The Labute approximate surface area is 127 Å². The molecule has 0 heterocycles.